The third-order valence-corrected chi connectivity index (χ3v) is 0.477. The molecule has 0 saturated heterocycles. The average Bonchev–Trinajstić information content (AvgIpc) is 1.68. The zero-order valence-electron chi connectivity index (χ0n) is 4.01. The molecular weight excluding hydrogens is 92.1 g/mol. The second kappa shape index (κ2) is 3.25. The van der Waals surface area contributed by atoms with Crippen molar-refractivity contribution in [2.75, 3.05) is 0 Å². The maximum Gasteiger partial charge on any atom is 0.152 e. The first-order valence-corrected chi connectivity index (χ1v) is 1.94. The van der Waals surface area contributed by atoms with Crippen molar-refractivity contribution < 1.29 is 4.79 Å². The summed E-state index contributed by atoms with van der Waals surface area (Å²) < 4.78 is 0. The van der Waals surface area contributed by atoms with Crippen LogP contribution in [0.4, 0.5) is 0 Å². The summed E-state index contributed by atoms with van der Waals surface area (Å²) in [5, 5.41) is 7.73. The monoisotopic (exact) mass is 97.0 g/mol. The highest BCUT2D eigenvalue weighted by atomic mass is 16.1. The fraction of sp³-hybridized carbons (Fsp3) is 0.500. The molecule has 0 atom stereocenters. The fourth-order valence-corrected chi connectivity index (χ4v) is 0.135. The number of carbonyl (C=O) groups excluding carboxylic acids is 1. The zero-order valence-corrected chi connectivity index (χ0v) is 4.01. The summed E-state index contributed by atoms with van der Waals surface area (Å²) in [5.74, 6) is -0.359. The van der Waals surface area contributed by atoms with E-state index < -0.39 is 0 Å². The average molecular weight is 97.1 g/mol. The molecule has 0 aromatic carbocycles. The summed E-state index contributed by atoms with van der Waals surface area (Å²) in [6.45, 7) is 1.66. The fourth-order valence-electron chi connectivity index (χ4n) is 0.135. The third-order valence-electron chi connectivity index (χ3n) is 0.477. The van der Waals surface area contributed by atoms with Crippen molar-refractivity contribution in [3.8, 4) is 0 Å². The highest BCUT2D eigenvalue weighted by molar-refractivity contribution is 5.82. The first-order chi connectivity index (χ1) is 3.31. The van der Waals surface area contributed by atoms with Crippen LogP contribution in [-0.2, 0) is 4.79 Å². The molecule has 0 aliphatic heterocycles. The van der Waals surface area contributed by atoms with Crippen LogP contribution in [0.15, 0.2) is 4.99 Å². The van der Waals surface area contributed by atoms with Crippen LogP contribution in [0.1, 0.15) is 13.3 Å². The van der Waals surface area contributed by atoms with E-state index in [9.17, 15) is 4.79 Å². The minimum Gasteiger partial charge on any atom is -0.422 e. The van der Waals surface area contributed by atoms with Gasteiger partial charge in [0.05, 0.1) is 0 Å². The Labute approximate surface area is 41.6 Å². The van der Waals surface area contributed by atoms with E-state index in [0.29, 0.717) is 6.42 Å². The van der Waals surface area contributed by atoms with Gasteiger partial charge in [0, 0.05) is 6.42 Å². The first kappa shape index (κ1) is 6.05. The Morgan fingerprint density at radius 2 is 2.57 bits per heavy atom. The zero-order chi connectivity index (χ0) is 5.70. The van der Waals surface area contributed by atoms with Crippen LogP contribution in [0, 0.1) is 0 Å². The molecular formula is C4H5N2O-. The predicted molar refractivity (Wildman–Crippen MR) is 26.1 cm³/mol. The molecule has 3 heteroatoms. The minimum absolute atomic E-state index is 0.313. The van der Waals surface area contributed by atoms with Gasteiger partial charge in [-0.05, 0) is 0 Å². The lowest BCUT2D eigenvalue weighted by Crippen LogP contribution is -1.85. The van der Waals surface area contributed by atoms with Gasteiger partial charge < -0.3 is 10.4 Å². The summed E-state index contributed by atoms with van der Waals surface area (Å²) in [7, 11) is 0. The topological polar surface area (TPSA) is 51.7 Å². The van der Waals surface area contributed by atoms with Gasteiger partial charge in [-0.25, -0.2) is 0 Å². The van der Waals surface area contributed by atoms with Crippen LogP contribution in [-0.4, -0.2) is 11.9 Å². The Balaban J connectivity index is 3.58. The van der Waals surface area contributed by atoms with Gasteiger partial charge in [0.25, 0.3) is 0 Å². The highest BCUT2D eigenvalue weighted by Crippen LogP contribution is 1.76. The van der Waals surface area contributed by atoms with Gasteiger partial charge in [-0.15, -0.1) is 6.01 Å². The van der Waals surface area contributed by atoms with Gasteiger partial charge in [0.1, 0.15) is 0 Å². The van der Waals surface area contributed by atoms with E-state index >= 15 is 0 Å². The maximum absolute atomic E-state index is 10.0. The molecule has 0 heterocycles. The van der Waals surface area contributed by atoms with Crippen LogP contribution < -0.4 is 0 Å². The molecule has 7 heavy (non-hydrogen) atoms. The first-order valence-electron chi connectivity index (χ1n) is 1.94. The largest absolute Gasteiger partial charge is 0.422 e. The summed E-state index contributed by atoms with van der Waals surface area (Å²) in [6.07, 6.45) is 0.313. The molecule has 3 nitrogen and oxygen atoms in total. The van der Waals surface area contributed by atoms with E-state index in [4.69, 9.17) is 5.41 Å². The van der Waals surface area contributed by atoms with E-state index in [1.165, 1.54) is 6.01 Å². The lowest BCUT2D eigenvalue weighted by molar-refractivity contribution is -0.117. The smallest absolute Gasteiger partial charge is 0.152 e. The summed E-state index contributed by atoms with van der Waals surface area (Å²) >= 11 is 0. The number of carbonyl (C=O) groups is 1. The summed E-state index contributed by atoms with van der Waals surface area (Å²) in [4.78, 5) is 12.9. The molecule has 0 unspecified atom stereocenters. The van der Waals surface area contributed by atoms with E-state index in [1.54, 1.807) is 6.92 Å². The van der Waals surface area contributed by atoms with Crippen molar-refractivity contribution in [3.63, 3.8) is 0 Å². The molecule has 0 aliphatic rings. The Kier molecular flexibility index (Phi) is 2.81. The van der Waals surface area contributed by atoms with Crippen molar-refractivity contribution in [2.24, 2.45) is 4.99 Å². The van der Waals surface area contributed by atoms with Crippen LogP contribution in [0.3, 0.4) is 0 Å². The highest BCUT2D eigenvalue weighted by Gasteiger charge is 1.77. The van der Waals surface area contributed by atoms with Crippen LogP contribution >= 0.6 is 0 Å². The van der Waals surface area contributed by atoms with E-state index in [-0.39, 0.29) is 5.91 Å². The number of nitrogens with zero attached hydrogens (tertiary/aromatic N) is 2. The lowest BCUT2D eigenvalue weighted by Gasteiger charge is -1.85. The van der Waals surface area contributed by atoms with Gasteiger partial charge in [0.15, 0.2) is 5.91 Å². The second-order valence-corrected chi connectivity index (χ2v) is 0.959. The quantitative estimate of drug-likeness (QED) is 0.443. The lowest BCUT2D eigenvalue weighted by atomic mass is 10.5. The predicted octanol–water partition coefficient (Wildman–Crippen LogP) is 0.666. The second-order valence-electron chi connectivity index (χ2n) is 0.959. The van der Waals surface area contributed by atoms with Gasteiger partial charge in [-0.3, -0.25) is 4.79 Å². The van der Waals surface area contributed by atoms with Gasteiger partial charge in [-0.2, -0.15) is 0 Å². The normalized spacial score (nSPS) is 7.00. The number of aliphatic imine (C=N–C) groups is 1. The van der Waals surface area contributed by atoms with Gasteiger partial charge >= 0.3 is 0 Å². The van der Waals surface area contributed by atoms with E-state index in [0.717, 1.165) is 0 Å². The molecule has 0 saturated carbocycles. The molecule has 0 aromatic heterocycles. The maximum atomic E-state index is 10.0. The number of hydrogen-bond donors (Lipinski definition) is 0. The Morgan fingerprint density at radius 1 is 2.00 bits per heavy atom. The molecule has 0 rings (SSSR count). The van der Waals surface area contributed by atoms with Crippen LogP contribution in [0.5, 0.6) is 0 Å². The van der Waals surface area contributed by atoms with Crippen molar-refractivity contribution in [2.45, 2.75) is 13.3 Å². The molecule has 0 radical (unpaired) electrons. The standard InChI is InChI=1S/C4H5N2O/c1-2-4(7)6-3-5/h2H2,1H3/q-1. The number of hydrogen-bond acceptors (Lipinski definition) is 1. The molecule has 0 aromatic rings. The molecule has 0 N–H and O–H groups in total. The number of amides is 1. The minimum atomic E-state index is -0.359. The Bertz CT molecular complexity index is 113. The Hall–Kier alpha value is -0.950. The third kappa shape index (κ3) is 2.86. The van der Waals surface area contributed by atoms with Crippen LogP contribution in [0.2, 0.25) is 0 Å². The molecule has 1 amide bonds. The molecule has 0 bridgehead atoms. The van der Waals surface area contributed by atoms with E-state index in [2.05, 4.69) is 4.99 Å². The molecule has 0 fully saturated rings. The molecule has 0 aliphatic carbocycles. The summed E-state index contributed by atoms with van der Waals surface area (Å²) in [6, 6.07) is 1.39. The van der Waals surface area contributed by atoms with Crippen molar-refractivity contribution in [1.82, 2.24) is 0 Å². The van der Waals surface area contributed by atoms with Crippen LogP contribution in [0.25, 0.3) is 5.41 Å². The van der Waals surface area contributed by atoms with Crippen molar-refractivity contribution in [3.05, 3.63) is 5.41 Å². The SMILES string of the molecule is CCC(=O)N=C=[N-]. The summed E-state index contributed by atoms with van der Waals surface area (Å²) in [5.41, 5.74) is 0. The molecule has 0 spiro atoms. The van der Waals surface area contributed by atoms with Crippen molar-refractivity contribution in [1.29, 1.82) is 0 Å². The van der Waals surface area contributed by atoms with Gasteiger partial charge in [0.2, 0.25) is 0 Å². The molecule has 38 valence electrons. The van der Waals surface area contributed by atoms with Crippen molar-refractivity contribution >= 4 is 11.9 Å². The number of rotatable bonds is 1. The van der Waals surface area contributed by atoms with E-state index in [1.807, 2.05) is 0 Å². The Morgan fingerprint density at radius 3 is 2.71 bits per heavy atom. The van der Waals surface area contributed by atoms with Gasteiger partial charge in [-0.1, -0.05) is 6.92 Å².